The normalized spacial score (nSPS) is 12.1. The molecule has 0 aromatic heterocycles. The Morgan fingerprint density at radius 2 is 1.58 bits per heavy atom. The van der Waals surface area contributed by atoms with Crippen molar-refractivity contribution in [3.63, 3.8) is 0 Å². The van der Waals surface area contributed by atoms with Crippen LogP contribution in [0.15, 0.2) is 12.1 Å². The van der Waals surface area contributed by atoms with Gasteiger partial charge in [-0.2, -0.15) is 0 Å². The van der Waals surface area contributed by atoms with Gasteiger partial charge in [0.25, 0.3) is 0 Å². The van der Waals surface area contributed by atoms with Gasteiger partial charge in [-0.05, 0) is 37.0 Å². The minimum atomic E-state index is -0.246. The van der Waals surface area contributed by atoms with Gasteiger partial charge >= 0.3 is 0 Å². The number of aliphatic hydroxyl groups is 1. The molecule has 1 aromatic rings. The van der Waals surface area contributed by atoms with Crippen molar-refractivity contribution in [2.75, 3.05) is 21.3 Å². The molecule has 19 heavy (non-hydrogen) atoms. The van der Waals surface area contributed by atoms with Crippen LogP contribution in [0.3, 0.4) is 0 Å². The standard InChI is InChI=1S/C15H24O4/c1-5-6-12(16)8-7-11-9-13(17-2)15(19-4)14(10-11)18-3/h9-10,12,16H,5-8H2,1-4H3. The quantitative estimate of drug-likeness (QED) is 0.787. The highest BCUT2D eigenvalue weighted by molar-refractivity contribution is 5.53. The SMILES string of the molecule is CCCC(O)CCc1cc(OC)c(OC)c(OC)c1. The Morgan fingerprint density at radius 3 is 2.00 bits per heavy atom. The Kier molecular flexibility index (Phi) is 6.50. The van der Waals surface area contributed by atoms with Crippen LogP contribution in [0.4, 0.5) is 0 Å². The summed E-state index contributed by atoms with van der Waals surface area (Å²) in [7, 11) is 4.80. The second-order valence-electron chi connectivity index (χ2n) is 4.51. The van der Waals surface area contributed by atoms with E-state index in [2.05, 4.69) is 6.92 Å². The van der Waals surface area contributed by atoms with Crippen molar-refractivity contribution < 1.29 is 19.3 Å². The van der Waals surface area contributed by atoms with Gasteiger partial charge in [0, 0.05) is 0 Å². The second-order valence-corrected chi connectivity index (χ2v) is 4.51. The lowest BCUT2D eigenvalue weighted by molar-refractivity contribution is 0.154. The average molecular weight is 268 g/mol. The van der Waals surface area contributed by atoms with Crippen molar-refractivity contribution in [1.29, 1.82) is 0 Å². The molecule has 0 radical (unpaired) electrons. The molecule has 0 aliphatic rings. The van der Waals surface area contributed by atoms with Crippen LogP contribution in [0.25, 0.3) is 0 Å². The van der Waals surface area contributed by atoms with Crippen LogP contribution in [0, 0.1) is 0 Å². The van der Waals surface area contributed by atoms with Gasteiger partial charge in [-0.1, -0.05) is 13.3 Å². The van der Waals surface area contributed by atoms with Gasteiger partial charge in [0.2, 0.25) is 5.75 Å². The third-order valence-corrected chi connectivity index (χ3v) is 3.11. The fourth-order valence-corrected chi connectivity index (χ4v) is 2.09. The summed E-state index contributed by atoms with van der Waals surface area (Å²) in [5.41, 5.74) is 1.07. The van der Waals surface area contributed by atoms with E-state index in [4.69, 9.17) is 14.2 Å². The molecule has 0 amide bonds. The molecule has 0 aliphatic carbocycles. The first-order valence-corrected chi connectivity index (χ1v) is 6.63. The third kappa shape index (κ3) is 4.31. The zero-order valence-corrected chi connectivity index (χ0v) is 12.2. The van der Waals surface area contributed by atoms with E-state index in [-0.39, 0.29) is 6.10 Å². The summed E-state index contributed by atoms with van der Waals surface area (Å²) in [5.74, 6) is 1.91. The summed E-state index contributed by atoms with van der Waals surface area (Å²) in [6, 6.07) is 3.86. The van der Waals surface area contributed by atoms with Gasteiger partial charge < -0.3 is 19.3 Å². The Hall–Kier alpha value is -1.42. The lowest BCUT2D eigenvalue weighted by Gasteiger charge is -2.15. The van der Waals surface area contributed by atoms with E-state index in [1.54, 1.807) is 21.3 Å². The van der Waals surface area contributed by atoms with Crippen LogP contribution in [0.5, 0.6) is 17.2 Å². The minimum absolute atomic E-state index is 0.246. The second kappa shape index (κ2) is 7.89. The molecule has 1 aromatic carbocycles. The molecule has 0 fully saturated rings. The van der Waals surface area contributed by atoms with E-state index in [1.165, 1.54) is 0 Å². The van der Waals surface area contributed by atoms with E-state index >= 15 is 0 Å². The number of methoxy groups -OCH3 is 3. The molecule has 0 heterocycles. The molecule has 4 heteroatoms. The Bertz CT molecular complexity index is 365. The van der Waals surface area contributed by atoms with Gasteiger partial charge in [-0.25, -0.2) is 0 Å². The molecular formula is C15H24O4. The largest absolute Gasteiger partial charge is 0.493 e. The highest BCUT2D eigenvalue weighted by Crippen LogP contribution is 2.38. The highest BCUT2D eigenvalue weighted by atomic mass is 16.5. The van der Waals surface area contributed by atoms with Crippen LogP contribution in [0.1, 0.15) is 31.7 Å². The number of hydrogen-bond acceptors (Lipinski definition) is 4. The maximum Gasteiger partial charge on any atom is 0.203 e. The summed E-state index contributed by atoms with van der Waals surface area (Å²) in [4.78, 5) is 0. The molecular weight excluding hydrogens is 244 g/mol. The molecule has 4 nitrogen and oxygen atoms in total. The lowest BCUT2D eigenvalue weighted by atomic mass is 10.0. The van der Waals surface area contributed by atoms with Crippen molar-refractivity contribution in [3.05, 3.63) is 17.7 Å². The Morgan fingerprint density at radius 1 is 1.00 bits per heavy atom. The highest BCUT2D eigenvalue weighted by Gasteiger charge is 2.13. The van der Waals surface area contributed by atoms with Crippen molar-refractivity contribution in [2.45, 2.75) is 38.7 Å². The van der Waals surface area contributed by atoms with E-state index in [1.807, 2.05) is 12.1 Å². The first-order chi connectivity index (χ1) is 9.15. The molecule has 108 valence electrons. The van der Waals surface area contributed by atoms with Gasteiger partial charge in [-0.15, -0.1) is 0 Å². The van der Waals surface area contributed by atoms with Crippen LogP contribution in [-0.2, 0) is 6.42 Å². The van der Waals surface area contributed by atoms with Crippen molar-refractivity contribution in [3.8, 4) is 17.2 Å². The zero-order valence-electron chi connectivity index (χ0n) is 12.2. The van der Waals surface area contributed by atoms with Gasteiger partial charge in [0.15, 0.2) is 11.5 Å². The summed E-state index contributed by atoms with van der Waals surface area (Å²) < 4.78 is 15.9. The van der Waals surface area contributed by atoms with E-state index < -0.39 is 0 Å². The molecule has 0 saturated carbocycles. The van der Waals surface area contributed by atoms with Gasteiger partial charge in [-0.3, -0.25) is 0 Å². The number of rotatable bonds is 8. The van der Waals surface area contributed by atoms with E-state index in [9.17, 15) is 5.11 Å². The summed E-state index contributed by atoms with van der Waals surface area (Å²) in [6.45, 7) is 2.07. The number of benzene rings is 1. The third-order valence-electron chi connectivity index (χ3n) is 3.11. The molecule has 1 N–H and O–H groups in total. The minimum Gasteiger partial charge on any atom is -0.493 e. The fraction of sp³-hybridized carbons (Fsp3) is 0.600. The molecule has 0 saturated heterocycles. The predicted molar refractivity (Wildman–Crippen MR) is 75.3 cm³/mol. The monoisotopic (exact) mass is 268 g/mol. The predicted octanol–water partition coefficient (Wildman–Crippen LogP) is 2.81. The summed E-state index contributed by atoms with van der Waals surface area (Å²) >= 11 is 0. The van der Waals surface area contributed by atoms with Crippen LogP contribution >= 0.6 is 0 Å². The molecule has 0 aliphatic heterocycles. The number of aliphatic hydroxyl groups excluding tert-OH is 1. The number of hydrogen-bond donors (Lipinski definition) is 1. The maximum absolute atomic E-state index is 9.78. The number of aryl methyl sites for hydroxylation is 1. The Balaban J connectivity index is 2.84. The van der Waals surface area contributed by atoms with Crippen LogP contribution in [0.2, 0.25) is 0 Å². The smallest absolute Gasteiger partial charge is 0.203 e. The van der Waals surface area contributed by atoms with E-state index in [0.29, 0.717) is 17.2 Å². The van der Waals surface area contributed by atoms with Crippen molar-refractivity contribution >= 4 is 0 Å². The molecule has 1 atom stereocenters. The molecule has 1 unspecified atom stereocenters. The fourth-order valence-electron chi connectivity index (χ4n) is 2.09. The molecule has 1 rings (SSSR count). The molecule has 0 spiro atoms. The number of ether oxygens (including phenoxy) is 3. The average Bonchev–Trinajstić information content (AvgIpc) is 2.44. The Labute approximate surface area is 115 Å². The summed E-state index contributed by atoms with van der Waals surface area (Å²) in [6.07, 6.45) is 3.12. The lowest BCUT2D eigenvalue weighted by Crippen LogP contribution is -2.07. The maximum atomic E-state index is 9.78. The summed E-state index contributed by atoms with van der Waals surface area (Å²) in [5, 5.41) is 9.78. The van der Waals surface area contributed by atoms with Crippen molar-refractivity contribution in [1.82, 2.24) is 0 Å². The van der Waals surface area contributed by atoms with Crippen LogP contribution < -0.4 is 14.2 Å². The first-order valence-electron chi connectivity index (χ1n) is 6.63. The van der Waals surface area contributed by atoms with Gasteiger partial charge in [0.1, 0.15) is 0 Å². The van der Waals surface area contributed by atoms with Crippen LogP contribution in [-0.4, -0.2) is 32.5 Å². The van der Waals surface area contributed by atoms with Crippen molar-refractivity contribution in [2.24, 2.45) is 0 Å². The molecule has 0 bridgehead atoms. The van der Waals surface area contributed by atoms with E-state index in [0.717, 1.165) is 31.2 Å². The van der Waals surface area contributed by atoms with Gasteiger partial charge in [0.05, 0.1) is 27.4 Å². The first kappa shape index (κ1) is 15.6. The topological polar surface area (TPSA) is 47.9 Å². The zero-order chi connectivity index (χ0) is 14.3.